The van der Waals surface area contributed by atoms with Crippen LogP contribution in [0.3, 0.4) is 0 Å². The lowest BCUT2D eigenvalue weighted by molar-refractivity contribution is 1.21. The fourth-order valence-electron chi connectivity index (χ4n) is 8.72. The number of fused-ring (bicyclic) bond motifs is 3. The maximum absolute atomic E-state index is 2.36. The van der Waals surface area contributed by atoms with E-state index in [0.29, 0.717) is 0 Å². The first-order valence-corrected chi connectivity index (χ1v) is 20.3. The van der Waals surface area contributed by atoms with Crippen molar-refractivity contribution in [2.24, 2.45) is 0 Å². The highest BCUT2D eigenvalue weighted by molar-refractivity contribution is 6.12. The molecular formula is C58H42. The lowest BCUT2D eigenvalue weighted by Gasteiger charge is -2.16. The summed E-state index contributed by atoms with van der Waals surface area (Å²) in [5, 5.41) is 7.66. The van der Waals surface area contributed by atoms with Crippen LogP contribution in [0.4, 0.5) is 0 Å². The molecule has 274 valence electrons. The molecule has 0 heterocycles. The fraction of sp³-hybridized carbons (Fsp3) is 0.0345. The lowest BCUT2D eigenvalue weighted by atomic mass is 9.87. The molecule has 0 saturated carbocycles. The van der Waals surface area contributed by atoms with E-state index in [4.69, 9.17) is 0 Å². The highest BCUT2D eigenvalue weighted by Crippen LogP contribution is 2.41. The average Bonchev–Trinajstić information content (AvgIpc) is 3.30. The Labute approximate surface area is 341 Å². The molecule has 0 N–H and O–H groups in total. The molecule has 0 heteroatoms. The summed E-state index contributed by atoms with van der Waals surface area (Å²) in [5.41, 5.74) is 15.1. The molecule has 58 heavy (non-hydrogen) atoms. The third kappa shape index (κ3) is 6.91. The summed E-state index contributed by atoms with van der Waals surface area (Å²) in [6, 6.07) is 82.0. The zero-order chi connectivity index (χ0) is 38.7. The van der Waals surface area contributed by atoms with Gasteiger partial charge >= 0.3 is 0 Å². The molecule has 0 aliphatic rings. The Kier molecular flexibility index (Phi) is 9.51. The highest BCUT2D eigenvalue weighted by Gasteiger charge is 2.15. The van der Waals surface area contributed by atoms with Gasteiger partial charge in [-0.2, -0.15) is 0 Å². The highest BCUT2D eigenvalue weighted by atomic mass is 14.2. The Morgan fingerprint density at radius 2 is 0.759 bits per heavy atom. The van der Waals surface area contributed by atoms with Gasteiger partial charge in [0.1, 0.15) is 0 Å². The summed E-state index contributed by atoms with van der Waals surface area (Å²) in [7, 11) is 0. The van der Waals surface area contributed by atoms with Crippen molar-refractivity contribution in [2.75, 3.05) is 0 Å². The van der Waals surface area contributed by atoms with Crippen LogP contribution in [0.15, 0.2) is 231 Å². The standard InChI is InChI=1S/C58H42/c1-3-14-41(15-4-1)28-35-50(43-16-5-2-6-17-43)45-31-33-47(34-32-45)52-37-39-58(56-25-12-10-23-54(52)56)57-38-36-51(53-22-9-11-24-55(53)57)46-29-26-42(27-30-46)40-48-20-13-19-44-18-7-8-21-49(44)48/h1-27,29-39H,28,40H2/b50-35+. The van der Waals surface area contributed by atoms with E-state index < -0.39 is 0 Å². The second kappa shape index (κ2) is 15.7. The van der Waals surface area contributed by atoms with Crippen molar-refractivity contribution in [3.8, 4) is 33.4 Å². The van der Waals surface area contributed by atoms with E-state index >= 15 is 0 Å². The van der Waals surface area contributed by atoms with Crippen molar-refractivity contribution in [1.29, 1.82) is 0 Å². The van der Waals surface area contributed by atoms with Gasteiger partial charge in [0.05, 0.1) is 0 Å². The minimum absolute atomic E-state index is 0.882. The SMILES string of the molecule is C(/Cc1ccccc1)=C(/c1ccccc1)c1ccc(-c2ccc(-c3ccc(-c4ccc(Cc5cccc6ccccc56)cc4)c4ccccc34)c3ccccc23)cc1. The Hall–Kier alpha value is -7.28. The number of hydrogen-bond acceptors (Lipinski definition) is 0. The first-order valence-electron chi connectivity index (χ1n) is 20.3. The monoisotopic (exact) mass is 738 g/mol. The van der Waals surface area contributed by atoms with Crippen LogP contribution in [-0.4, -0.2) is 0 Å². The molecule has 0 bridgehead atoms. The third-order valence-electron chi connectivity index (χ3n) is 11.7. The van der Waals surface area contributed by atoms with Crippen molar-refractivity contribution in [1.82, 2.24) is 0 Å². The van der Waals surface area contributed by atoms with E-state index in [1.807, 2.05) is 0 Å². The summed E-state index contributed by atoms with van der Waals surface area (Å²) in [6.45, 7) is 0. The predicted octanol–water partition coefficient (Wildman–Crippen LogP) is 15.4. The minimum Gasteiger partial charge on any atom is -0.0717 e. The molecule has 0 fully saturated rings. The number of rotatable bonds is 9. The minimum atomic E-state index is 0.882. The van der Waals surface area contributed by atoms with E-state index in [1.165, 1.54) is 99.1 Å². The summed E-state index contributed by atoms with van der Waals surface area (Å²) in [5.74, 6) is 0. The molecule has 0 aromatic heterocycles. The van der Waals surface area contributed by atoms with Gasteiger partial charge in [0.25, 0.3) is 0 Å². The predicted molar refractivity (Wildman–Crippen MR) is 248 cm³/mol. The maximum Gasteiger partial charge on any atom is -0.00196 e. The van der Waals surface area contributed by atoms with E-state index in [9.17, 15) is 0 Å². The third-order valence-corrected chi connectivity index (χ3v) is 11.7. The smallest absolute Gasteiger partial charge is 0.00196 e. The summed E-state index contributed by atoms with van der Waals surface area (Å²) in [4.78, 5) is 0. The number of hydrogen-bond donors (Lipinski definition) is 0. The van der Waals surface area contributed by atoms with Crippen LogP contribution in [-0.2, 0) is 12.8 Å². The Morgan fingerprint density at radius 3 is 1.36 bits per heavy atom. The molecule has 0 radical (unpaired) electrons. The van der Waals surface area contributed by atoms with Crippen molar-refractivity contribution in [3.63, 3.8) is 0 Å². The van der Waals surface area contributed by atoms with Gasteiger partial charge in [0.2, 0.25) is 0 Å². The molecule has 0 aliphatic carbocycles. The Balaban J connectivity index is 0.977. The van der Waals surface area contributed by atoms with Crippen LogP contribution < -0.4 is 0 Å². The quantitative estimate of drug-likeness (QED) is 0.138. The molecule has 0 spiro atoms. The van der Waals surface area contributed by atoms with Gasteiger partial charge in [-0.05, 0) is 112 Å². The molecule has 0 saturated heterocycles. The van der Waals surface area contributed by atoms with Gasteiger partial charge < -0.3 is 0 Å². The summed E-state index contributed by atoms with van der Waals surface area (Å²) >= 11 is 0. The van der Waals surface area contributed by atoms with E-state index in [0.717, 1.165) is 12.8 Å². The van der Waals surface area contributed by atoms with Crippen molar-refractivity contribution >= 4 is 37.9 Å². The van der Waals surface area contributed by atoms with Crippen molar-refractivity contribution < 1.29 is 0 Å². The van der Waals surface area contributed by atoms with Gasteiger partial charge in [0.15, 0.2) is 0 Å². The second-order valence-corrected chi connectivity index (χ2v) is 15.2. The van der Waals surface area contributed by atoms with E-state index in [2.05, 4.69) is 231 Å². The maximum atomic E-state index is 2.36. The summed E-state index contributed by atoms with van der Waals surface area (Å²) < 4.78 is 0. The zero-order valence-corrected chi connectivity index (χ0v) is 32.4. The average molecular weight is 739 g/mol. The molecule has 10 aromatic carbocycles. The molecule has 10 aromatic rings. The van der Waals surface area contributed by atoms with Gasteiger partial charge in [-0.25, -0.2) is 0 Å². The molecule has 0 atom stereocenters. The topological polar surface area (TPSA) is 0 Å². The van der Waals surface area contributed by atoms with Crippen LogP contribution in [0.25, 0.3) is 71.3 Å². The van der Waals surface area contributed by atoms with Gasteiger partial charge in [-0.1, -0.05) is 231 Å². The van der Waals surface area contributed by atoms with Crippen LogP contribution in [0, 0.1) is 0 Å². The first-order chi connectivity index (χ1) is 28.8. The molecule has 0 unspecified atom stereocenters. The van der Waals surface area contributed by atoms with Gasteiger partial charge in [0, 0.05) is 0 Å². The Morgan fingerprint density at radius 1 is 0.310 bits per heavy atom. The molecule has 10 rings (SSSR count). The molecular weight excluding hydrogens is 697 g/mol. The Bertz CT molecular complexity index is 3060. The second-order valence-electron chi connectivity index (χ2n) is 15.2. The molecule has 0 aliphatic heterocycles. The van der Waals surface area contributed by atoms with Gasteiger partial charge in [-0.15, -0.1) is 0 Å². The van der Waals surface area contributed by atoms with E-state index in [1.54, 1.807) is 0 Å². The molecule has 0 amide bonds. The zero-order valence-electron chi connectivity index (χ0n) is 32.4. The number of allylic oxidation sites excluding steroid dienone is 1. The lowest BCUT2D eigenvalue weighted by Crippen LogP contribution is -1.92. The van der Waals surface area contributed by atoms with Crippen molar-refractivity contribution in [2.45, 2.75) is 12.8 Å². The normalized spacial score (nSPS) is 11.7. The first kappa shape index (κ1) is 35.2. The number of benzene rings is 10. The van der Waals surface area contributed by atoms with Crippen molar-refractivity contribution in [3.05, 3.63) is 258 Å². The van der Waals surface area contributed by atoms with Crippen LogP contribution >= 0.6 is 0 Å². The van der Waals surface area contributed by atoms with E-state index in [-0.39, 0.29) is 0 Å². The van der Waals surface area contributed by atoms with Crippen LogP contribution in [0.1, 0.15) is 27.8 Å². The van der Waals surface area contributed by atoms with Crippen LogP contribution in [0.5, 0.6) is 0 Å². The largest absolute Gasteiger partial charge is 0.0717 e. The fourth-order valence-corrected chi connectivity index (χ4v) is 8.72. The summed E-state index contributed by atoms with van der Waals surface area (Å²) in [6.07, 6.45) is 4.16. The van der Waals surface area contributed by atoms with Crippen LogP contribution in [0.2, 0.25) is 0 Å². The van der Waals surface area contributed by atoms with Gasteiger partial charge in [-0.3, -0.25) is 0 Å². The molecule has 0 nitrogen and oxygen atoms in total.